The standard InChI is InChI=1S/C20H40N4O3/c1-4-21-20(22-8-5-10-26-18-6-11-25-12-7-18)23-14-19-16-24(9-13-27-19)15-17(2)3/h17-19H,4-16H2,1-3H3,(H2,21,22,23). The first-order valence-electron chi connectivity index (χ1n) is 10.7. The second-order valence-electron chi connectivity index (χ2n) is 7.83. The van der Waals surface area contributed by atoms with Crippen molar-refractivity contribution in [3.8, 4) is 0 Å². The lowest BCUT2D eigenvalue weighted by molar-refractivity contribution is -0.0320. The van der Waals surface area contributed by atoms with E-state index in [-0.39, 0.29) is 6.10 Å². The van der Waals surface area contributed by atoms with Gasteiger partial charge in [-0.1, -0.05) is 13.8 Å². The SMILES string of the molecule is CCNC(=NCC1CN(CC(C)C)CCO1)NCCCOC1CCOCC1. The van der Waals surface area contributed by atoms with Gasteiger partial charge in [0.1, 0.15) is 0 Å². The van der Waals surface area contributed by atoms with Crippen LogP contribution in [0.1, 0.15) is 40.0 Å². The maximum Gasteiger partial charge on any atom is 0.191 e. The average molecular weight is 385 g/mol. The minimum atomic E-state index is 0.185. The van der Waals surface area contributed by atoms with Gasteiger partial charge >= 0.3 is 0 Å². The van der Waals surface area contributed by atoms with E-state index in [1.165, 1.54) is 0 Å². The molecular formula is C20H40N4O3. The number of guanidine groups is 1. The Morgan fingerprint density at radius 1 is 1.22 bits per heavy atom. The molecule has 27 heavy (non-hydrogen) atoms. The van der Waals surface area contributed by atoms with E-state index in [1.54, 1.807) is 0 Å². The van der Waals surface area contributed by atoms with Crippen molar-refractivity contribution in [1.82, 2.24) is 15.5 Å². The molecule has 7 heteroatoms. The van der Waals surface area contributed by atoms with Gasteiger partial charge < -0.3 is 24.8 Å². The van der Waals surface area contributed by atoms with Crippen molar-refractivity contribution in [2.45, 2.75) is 52.2 Å². The molecule has 0 aromatic rings. The van der Waals surface area contributed by atoms with Gasteiger partial charge in [0, 0.05) is 52.5 Å². The van der Waals surface area contributed by atoms with Gasteiger partial charge in [0.25, 0.3) is 0 Å². The zero-order valence-corrected chi connectivity index (χ0v) is 17.5. The second kappa shape index (κ2) is 13.3. The topological polar surface area (TPSA) is 67.4 Å². The Morgan fingerprint density at radius 3 is 2.78 bits per heavy atom. The molecule has 0 amide bonds. The fourth-order valence-corrected chi connectivity index (χ4v) is 3.48. The molecule has 0 radical (unpaired) electrons. The van der Waals surface area contributed by atoms with E-state index >= 15 is 0 Å². The highest BCUT2D eigenvalue weighted by Crippen LogP contribution is 2.10. The lowest BCUT2D eigenvalue weighted by atomic mass is 10.1. The van der Waals surface area contributed by atoms with Crippen LogP contribution in [0.3, 0.4) is 0 Å². The Morgan fingerprint density at radius 2 is 2.04 bits per heavy atom. The molecule has 2 saturated heterocycles. The smallest absolute Gasteiger partial charge is 0.191 e. The van der Waals surface area contributed by atoms with Crippen molar-refractivity contribution in [2.75, 3.05) is 65.7 Å². The van der Waals surface area contributed by atoms with Gasteiger partial charge in [-0.25, -0.2) is 0 Å². The summed E-state index contributed by atoms with van der Waals surface area (Å²) in [5.41, 5.74) is 0. The Hall–Kier alpha value is -0.890. The third-order valence-corrected chi connectivity index (χ3v) is 4.78. The highest BCUT2D eigenvalue weighted by Gasteiger charge is 2.20. The van der Waals surface area contributed by atoms with Crippen LogP contribution in [0.15, 0.2) is 4.99 Å². The Balaban J connectivity index is 1.63. The van der Waals surface area contributed by atoms with Crippen LogP contribution in [0.4, 0.5) is 0 Å². The van der Waals surface area contributed by atoms with Crippen molar-refractivity contribution in [3.63, 3.8) is 0 Å². The van der Waals surface area contributed by atoms with E-state index in [1.807, 2.05) is 0 Å². The summed E-state index contributed by atoms with van der Waals surface area (Å²) in [7, 11) is 0. The van der Waals surface area contributed by atoms with Crippen molar-refractivity contribution in [1.29, 1.82) is 0 Å². The van der Waals surface area contributed by atoms with E-state index in [2.05, 4.69) is 36.3 Å². The molecule has 2 aliphatic rings. The summed E-state index contributed by atoms with van der Waals surface area (Å²) in [5.74, 6) is 1.56. The maximum atomic E-state index is 5.92. The maximum absolute atomic E-state index is 5.92. The molecule has 1 unspecified atom stereocenters. The Kier molecular flexibility index (Phi) is 11.0. The molecular weight excluding hydrogens is 344 g/mol. The molecule has 0 spiro atoms. The highest BCUT2D eigenvalue weighted by molar-refractivity contribution is 5.79. The summed E-state index contributed by atoms with van der Waals surface area (Å²) < 4.78 is 17.2. The Bertz CT molecular complexity index is 414. The molecule has 158 valence electrons. The summed E-state index contributed by atoms with van der Waals surface area (Å²) in [4.78, 5) is 7.21. The number of hydrogen-bond donors (Lipinski definition) is 2. The Labute approximate surface area is 165 Å². The molecule has 0 aromatic carbocycles. The van der Waals surface area contributed by atoms with Crippen LogP contribution in [0, 0.1) is 5.92 Å². The number of nitrogens with one attached hydrogen (secondary N) is 2. The summed E-state index contributed by atoms with van der Waals surface area (Å²) in [6, 6.07) is 0. The summed E-state index contributed by atoms with van der Waals surface area (Å²) in [6.45, 7) is 15.4. The summed E-state index contributed by atoms with van der Waals surface area (Å²) in [6.07, 6.45) is 3.58. The lowest BCUT2D eigenvalue weighted by Crippen LogP contribution is -2.46. The number of aliphatic imine (C=N–C) groups is 1. The molecule has 0 aromatic heterocycles. The molecule has 2 N–H and O–H groups in total. The first kappa shape index (κ1) is 22.4. The predicted octanol–water partition coefficient (Wildman–Crippen LogP) is 1.48. The van der Waals surface area contributed by atoms with Gasteiger partial charge in [0.15, 0.2) is 5.96 Å². The quantitative estimate of drug-likeness (QED) is 0.338. The van der Waals surface area contributed by atoms with Crippen LogP contribution in [-0.4, -0.2) is 88.8 Å². The minimum absolute atomic E-state index is 0.185. The first-order valence-corrected chi connectivity index (χ1v) is 10.7. The summed E-state index contributed by atoms with van der Waals surface area (Å²) >= 11 is 0. The lowest BCUT2D eigenvalue weighted by Gasteiger charge is -2.33. The first-order chi connectivity index (χ1) is 13.2. The van der Waals surface area contributed by atoms with Crippen molar-refractivity contribution in [2.24, 2.45) is 10.9 Å². The monoisotopic (exact) mass is 384 g/mol. The average Bonchev–Trinajstić information content (AvgIpc) is 2.66. The van der Waals surface area contributed by atoms with E-state index in [0.717, 1.165) is 84.4 Å². The normalized spacial score (nSPS) is 23.0. The van der Waals surface area contributed by atoms with E-state index in [4.69, 9.17) is 19.2 Å². The van der Waals surface area contributed by atoms with Crippen molar-refractivity contribution >= 4 is 5.96 Å². The molecule has 2 aliphatic heterocycles. The summed E-state index contributed by atoms with van der Waals surface area (Å²) in [5, 5.41) is 6.72. The zero-order chi connectivity index (χ0) is 19.3. The largest absolute Gasteiger partial charge is 0.381 e. The zero-order valence-electron chi connectivity index (χ0n) is 17.5. The molecule has 1 atom stereocenters. The van der Waals surface area contributed by atoms with Crippen LogP contribution < -0.4 is 10.6 Å². The van der Waals surface area contributed by atoms with E-state index in [9.17, 15) is 0 Å². The third kappa shape index (κ3) is 9.74. The number of morpholine rings is 1. The fourth-order valence-electron chi connectivity index (χ4n) is 3.48. The molecule has 7 nitrogen and oxygen atoms in total. The van der Waals surface area contributed by atoms with Crippen LogP contribution >= 0.6 is 0 Å². The van der Waals surface area contributed by atoms with Gasteiger partial charge in [-0.15, -0.1) is 0 Å². The number of ether oxygens (including phenoxy) is 3. The third-order valence-electron chi connectivity index (χ3n) is 4.78. The molecule has 2 heterocycles. The van der Waals surface area contributed by atoms with Crippen LogP contribution in [0.25, 0.3) is 0 Å². The van der Waals surface area contributed by atoms with Crippen LogP contribution in [-0.2, 0) is 14.2 Å². The fraction of sp³-hybridized carbons (Fsp3) is 0.950. The molecule has 0 saturated carbocycles. The van der Waals surface area contributed by atoms with Crippen LogP contribution in [0.5, 0.6) is 0 Å². The van der Waals surface area contributed by atoms with Gasteiger partial charge in [-0.3, -0.25) is 9.89 Å². The highest BCUT2D eigenvalue weighted by atomic mass is 16.5. The van der Waals surface area contributed by atoms with Crippen molar-refractivity contribution < 1.29 is 14.2 Å². The van der Waals surface area contributed by atoms with Gasteiger partial charge in [0.05, 0.1) is 25.4 Å². The molecule has 2 rings (SSSR count). The minimum Gasteiger partial charge on any atom is -0.381 e. The van der Waals surface area contributed by atoms with Gasteiger partial charge in [-0.2, -0.15) is 0 Å². The van der Waals surface area contributed by atoms with Gasteiger partial charge in [-0.05, 0) is 32.1 Å². The number of nitrogens with zero attached hydrogens (tertiary/aromatic N) is 2. The van der Waals surface area contributed by atoms with E-state index in [0.29, 0.717) is 18.6 Å². The number of rotatable bonds is 10. The number of hydrogen-bond acceptors (Lipinski definition) is 5. The second-order valence-corrected chi connectivity index (χ2v) is 7.83. The van der Waals surface area contributed by atoms with Gasteiger partial charge in [0.2, 0.25) is 0 Å². The molecule has 0 aliphatic carbocycles. The van der Waals surface area contributed by atoms with E-state index < -0.39 is 0 Å². The predicted molar refractivity (Wildman–Crippen MR) is 109 cm³/mol. The molecule has 0 bridgehead atoms. The molecule has 2 fully saturated rings. The van der Waals surface area contributed by atoms with Crippen molar-refractivity contribution in [3.05, 3.63) is 0 Å². The van der Waals surface area contributed by atoms with Crippen LogP contribution in [0.2, 0.25) is 0 Å².